The minimum absolute atomic E-state index is 0.121. The fourth-order valence-corrected chi connectivity index (χ4v) is 7.16. The minimum Gasteiger partial charge on any atom is -0.393 e. The molecule has 0 saturated heterocycles. The molecule has 4 rings (SSSR count). The average molecular weight is 331 g/mol. The molecule has 0 aromatic carbocycles. The molecule has 0 radical (unpaired) electrons. The van der Waals surface area contributed by atoms with Gasteiger partial charge in [-0.2, -0.15) is 0 Å². The van der Waals surface area contributed by atoms with E-state index in [-0.39, 0.29) is 11.5 Å². The summed E-state index contributed by atoms with van der Waals surface area (Å²) < 4.78 is 0. The lowest BCUT2D eigenvalue weighted by Crippen LogP contribution is -2.51. The molecule has 2 N–H and O–H groups in total. The van der Waals surface area contributed by atoms with Crippen LogP contribution in [-0.4, -0.2) is 21.9 Å². The van der Waals surface area contributed by atoms with Crippen molar-refractivity contribution in [1.29, 1.82) is 0 Å². The first-order chi connectivity index (χ1) is 11.2. The van der Waals surface area contributed by atoms with E-state index in [1.165, 1.54) is 24.8 Å². The van der Waals surface area contributed by atoms with E-state index in [9.17, 15) is 10.2 Å². The van der Waals surface area contributed by atoms with Crippen LogP contribution in [-0.2, 0) is 0 Å². The fourth-order valence-electron chi connectivity index (χ4n) is 7.16. The van der Waals surface area contributed by atoms with Gasteiger partial charge < -0.3 is 10.2 Å². The molecule has 0 spiro atoms. The summed E-state index contributed by atoms with van der Waals surface area (Å²) in [4.78, 5) is 0. The molecule has 2 fully saturated rings. The maximum Gasteiger partial charge on any atom is 0.0806 e. The maximum atomic E-state index is 10.7. The standard InChI is InChI=1S/C22H34O2/c1-20(2,24)19-8-7-17-16-6-5-14-13-15(23)9-11-21(14,3)18(16)10-12-22(17,19)4/h5,8,15-18,23-24H,6-7,9-13H2,1-4H3. The van der Waals surface area contributed by atoms with Gasteiger partial charge in [0.25, 0.3) is 0 Å². The van der Waals surface area contributed by atoms with E-state index in [0.717, 1.165) is 37.5 Å². The van der Waals surface area contributed by atoms with Crippen LogP contribution in [0.1, 0.15) is 72.6 Å². The minimum atomic E-state index is -0.690. The van der Waals surface area contributed by atoms with Crippen molar-refractivity contribution in [2.24, 2.45) is 28.6 Å². The van der Waals surface area contributed by atoms with E-state index in [4.69, 9.17) is 0 Å². The molecule has 2 nitrogen and oxygen atoms in total. The van der Waals surface area contributed by atoms with Gasteiger partial charge in [0.05, 0.1) is 11.7 Å². The highest BCUT2D eigenvalue weighted by Gasteiger charge is 2.58. The highest BCUT2D eigenvalue weighted by molar-refractivity contribution is 5.33. The molecule has 0 amide bonds. The van der Waals surface area contributed by atoms with E-state index in [0.29, 0.717) is 11.3 Å². The van der Waals surface area contributed by atoms with Crippen molar-refractivity contribution in [3.05, 3.63) is 23.3 Å². The zero-order valence-electron chi connectivity index (χ0n) is 15.8. The van der Waals surface area contributed by atoms with Gasteiger partial charge >= 0.3 is 0 Å². The van der Waals surface area contributed by atoms with E-state index in [1.54, 1.807) is 5.57 Å². The van der Waals surface area contributed by atoms with Crippen LogP contribution in [0, 0.1) is 28.6 Å². The molecule has 134 valence electrons. The van der Waals surface area contributed by atoms with Crippen molar-refractivity contribution in [2.75, 3.05) is 0 Å². The quantitative estimate of drug-likeness (QED) is 0.689. The zero-order valence-corrected chi connectivity index (χ0v) is 15.8. The number of aliphatic hydroxyl groups excluding tert-OH is 1. The van der Waals surface area contributed by atoms with E-state index in [1.807, 2.05) is 13.8 Å². The molecule has 2 saturated carbocycles. The Kier molecular flexibility index (Phi) is 3.65. The highest BCUT2D eigenvalue weighted by atomic mass is 16.3. The van der Waals surface area contributed by atoms with Crippen LogP contribution in [0.2, 0.25) is 0 Å². The Balaban J connectivity index is 1.66. The number of aliphatic hydroxyl groups is 2. The van der Waals surface area contributed by atoms with Gasteiger partial charge in [0, 0.05) is 0 Å². The molecule has 4 aliphatic rings. The van der Waals surface area contributed by atoms with Gasteiger partial charge in [-0.25, -0.2) is 0 Å². The van der Waals surface area contributed by atoms with Crippen LogP contribution in [0.5, 0.6) is 0 Å². The lowest BCUT2D eigenvalue weighted by Gasteiger charge is -2.58. The molecule has 0 aliphatic heterocycles. The monoisotopic (exact) mass is 330 g/mol. The second kappa shape index (κ2) is 5.20. The van der Waals surface area contributed by atoms with Gasteiger partial charge in [0.2, 0.25) is 0 Å². The second-order valence-corrected chi connectivity index (χ2v) is 10.0. The molecule has 0 heterocycles. The summed E-state index contributed by atoms with van der Waals surface area (Å²) in [7, 11) is 0. The van der Waals surface area contributed by atoms with Gasteiger partial charge in [0.1, 0.15) is 0 Å². The van der Waals surface area contributed by atoms with E-state index >= 15 is 0 Å². The van der Waals surface area contributed by atoms with Crippen LogP contribution >= 0.6 is 0 Å². The first-order valence-electron chi connectivity index (χ1n) is 9.97. The number of fused-ring (bicyclic) bond motifs is 5. The van der Waals surface area contributed by atoms with Crippen LogP contribution in [0.4, 0.5) is 0 Å². The number of rotatable bonds is 1. The average Bonchev–Trinajstić information content (AvgIpc) is 2.85. The molecule has 6 atom stereocenters. The SMILES string of the molecule is CC(C)(O)C1=CCC2C3CC=C4CC(O)CCC4(C)C3CCC12C. The zero-order chi connectivity index (χ0) is 17.3. The second-order valence-electron chi connectivity index (χ2n) is 10.0. The van der Waals surface area contributed by atoms with Gasteiger partial charge in [-0.15, -0.1) is 0 Å². The third-order valence-corrected chi connectivity index (χ3v) is 8.32. The Morgan fingerprint density at radius 3 is 2.42 bits per heavy atom. The summed E-state index contributed by atoms with van der Waals surface area (Å²) >= 11 is 0. The smallest absolute Gasteiger partial charge is 0.0806 e. The van der Waals surface area contributed by atoms with Crippen molar-refractivity contribution >= 4 is 0 Å². The molecule has 4 aliphatic carbocycles. The normalized spacial score (nSPS) is 48.1. The van der Waals surface area contributed by atoms with E-state index < -0.39 is 5.60 Å². The third kappa shape index (κ3) is 2.22. The Hall–Kier alpha value is -0.600. The molecule has 0 bridgehead atoms. The van der Waals surface area contributed by atoms with Gasteiger partial charge in [0.15, 0.2) is 0 Å². The fraction of sp³-hybridized carbons (Fsp3) is 0.818. The highest BCUT2D eigenvalue weighted by Crippen LogP contribution is 2.65. The summed E-state index contributed by atoms with van der Waals surface area (Å²) in [5.74, 6) is 2.18. The van der Waals surface area contributed by atoms with Crippen molar-refractivity contribution in [2.45, 2.75) is 84.3 Å². The molecular weight excluding hydrogens is 296 g/mol. The molecule has 0 aromatic heterocycles. The van der Waals surface area contributed by atoms with Crippen LogP contribution in [0.25, 0.3) is 0 Å². The number of hydrogen-bond donors (Lipinski definition) is 2. The summed E-state index contributed by atoms with van der Waals surface area (Å²) in [6.07, 6.45) is 12.5. The predicted octanol–water partition coefficient (Wildman–Crippen LogP) is 4.62. The first kappa shape index (κ1) is 16.8. The molecular formula is C22H34O2. The van der Waals surface area contributed by atoms with Crippen LogP contribution in [0.3, 0.4) is 0 Å². The maximum absolute atomic E-state index is 10.7. The number of allylic oxidation sites excluding steroid dienone is 2. The van der Waals surface area contributed by atoms with Gasteiger partial charge in [-0.3, -0.25) is 0 Å². The Bertz CT molecular complexity index is 596. The summed E-state index contributed by atoms with van der Waals surface area (Å²) in [5.41, 5.74) is 2.62. The van der Waals surface area contributed by atoms with E-state index in [2.05, 4.69) is 26.0 Å². The lowest BCUT2D eigenvalue weighted by molar-refractivity contribution is -0.0400. The van der Waals surface area contributed by atoms with Crippen molar-refractivity contribution in [1.82, 2.24) is 0 Å². The topological polar surface area (TPSA) is 40.5 Å². The molecule has 6 unspecified atom stereocenters. The van der Waals surface area contributed by atoms with Crippen molar-refractivity contribution in [3.63, 3.8) is 0 Å². The van der Waals surface area contributed by atoms with Crippen LogP contribution in [0.15, 0.2) is 23.3 Å². The summed E-state index contributed by atoms with van der Waals surface area (Å²) in [6.45, 7) is 8.81. The Morgan fingerprint density at radius 1 is 1.00 bits per heavy atom. The lowest BCUT2D eigenvalue weighted by atomic mass is 9.47. The first-order valence-corrected chi connectivity index (χ1v) is 9.97. The Morgan fingerprint density at radius 2 is 1.71 bits per heavy atom. The van der Waals surface area contributed by atoms with Gasteiger partial charge in [-0.05, 0) is 93.0 Å². The number of hydrogen-bond acceptors (Lipinski definition) is 2. The van der Waals surface area contributed by atoms with Gasteiger partial charge in [-0.1, -0.05) is 31.6 Å². The van der Waals surface area contributed by atoms with Crippen molar-refractivity contribution < 1.29 is 10.2 Å². The predicted molar refractivity (Wildman–Crippen MR) is 97.5 cm³/mol. The molecule has 0 aromatic rings. The molecule has 2 heteroatoms. The Labute approximate surface area is 147 Å². The van der Waals surface area contributed by atoms with Crippen molar-refractivity contribution in [3.8, 4) is 0 Å². The largest absolute Gasteiger partial charge is 0.393 e. The summed E-state index contributed by atoms with van der Waals surface area (Å²) in [5, 5.41) is 20.8. The van der Waals surface area contributed by atoms with Crippen LogP contribution < -0.4 is 0 Å². The third-order valence-electron chi connectivity index (χ3n) is 8.32. The summed E-state index contributed by atoms with van der Waals surface area (Å²) in [6, 6.07) is 0. The molecule has 24 heavy (non-hydrogen) atoms.